The lowest BCUT2D eigenvalue weighted by Crippen LogP contribution is -2.00. The highest BCUT2D eigenvalue weighted by molar-refractivity contribution is 7.47. The summed E-state index contributed by atoms with van der Waals surface area (Å²) in [6.45, 7) is 2.03. The molecule has 1 atom stereocenters. The van der Waals surface area contributed by atoms with Crippen molar-refractivity contribution in [1.29, 1.82) is 0 Å². The topological polar surface area (TPSA) is 55.8 Å². The van der Waals surface area contributed by atoms with Crippen molar-refractivity contribution < 1.29 is 18.5 Å². The second-order valence-electron chi connectivity index (χ2n) is 2.31. The fraction of sp³-hybridized carbons (Fsp3) is 1.00. The molecule has 0 aromatic carbocycles. The van der Waals surface area contributed by atoms with Gasteiger partial charge in [0.05, 0.1) is 13.2 Å². The van der Waals surface area contributed by atoms with Gasteiger partial charge < -0.3 is 4.89 Å². The van der Waals surface area contributed by atoms with Gasteiger partial charge in [-0.1, -0.05) is 6.92 Å². The van der Waals surface area contributed by atoms with Gasteiger partial charge in [0.1, 0.15) is 4.84 Å². The number of hydrogen-bond acceptors (Lipinski definition) is 3. The van der Waals surface area contributed by atoms with E-state index in [2.05, 4.69) is 9.05 Å². The molecule has 0 saturated heterocycles. The molecule has 0 saturated carbocycles. The maximum absolute atomic E-state index is 11.0. The molecule has 1 unspecified atom stereocenters. The second kappa shape index (κ2) is 7.04. The van der Waals surface area contributed by atoms with Crippen LogP contribution in [0, 0.1) is 0 Å². The van der Waals surface area contributed by atoms with E-state index in [1.807, 2.05) is 6.92 Å². The highest BCUT2D eigenvalue weighted by Crippen LogP contribution is 2.43. The monoisotopic (exact) mass is 250 g/mol. The molecule has 4 nitrogen and oxygen atoms in total. The summed E-state index contributed by atoms with van der Waals surface area (Å²) in [6, 6.07) is 0. The van der Waals surface area contributed by atoms with Crippen molar-refractivity contribution in [2.45, 2.75) is 24.6 Å². The van der Waals surface area contributed by atoms with Gasteiger partial charge in [-0.15, -0.1) is 23.2 Å². The van der Waals surface area contributed by atoms with Crippen LogP contribution in [0.3, 0.4) is 0 Å². The van der Waals surface area contributed by atoms with Crippen LogP contribution in [0.25, 0.3) is 0 Å². The molecular formula is C6H13Cl2O4P. The van der Waals surface area contributed by atoms with E-state index in [0.29, 0.717) is 12.8 Å². The summed E-state index contributed by atoms with van der Waals surface area (Å²) >= 11 is 10.8. The van der Waals surface area contributed by atoms with Crippen LogP contribution in [0.5, 0.6) is 0 Å². The number of halogens is 2. The quantitative estimate of drug-likeness (QED) is 0.558. The van der Waals surface area contributed by atoms with Crippen LogP contribution in [0.15, 0.2) is 0 Å². The molecule has 0 radical (unpaired) electrons. The molecule has 0 heterocycles. The third-order valence-corrected chi connectivity index (χ3v) is 2.50. The summed E-state index contributed by atoms with van der Waals surface area (Å²) in [5.74, 6) is 0. The van der Waals surface area contributed by atoms with Crippen molar-refractivity contribution in [1.82, 2.24) is 0 Å². The third-order valence-electron chi connectivity index (χ3n) is 1.05. The van der Waals surface area contributed by atoms with E-state index in [0.717, 1.165) is 0 Å². The van der Waals surface area contributed by atoms with Crippen LogP contribution in [0.4, 0.5) is 0 Å². The van der Waals surface area contributed by atoms with Gasteiger partial charge in [0.15, 0.2) is 0 Å². The SMILES string of the molecule is CCCOP(=O)(O)OCCC(Cl)Cl. The minimum Gasteiger partial charge on any atom is -0.302 e. The molecular weight excluding hydrogens is 238 g/mol. The molecule has 80 valence electrons. The second-order valence-corrected chi connectivity index (χ2v) is 5.05. The Hall–Kier alpha value is 0.690. The Balaban J connectivity index is 3.57. The first-order valence-corrected chi connectivity index (χ1v) is 6.25. The normalized spacial score (nSPS) is 16.1. The first kappa shape index (κ1) is 13.7. The number of phosphoric ester groups is 1. The summed E-state index contributed by atoms with van der Waals surface area (Å²) in [7, 11) is -3.88. The first-order chi connectivity index (χ1) is 5.98. The first-order valence-electron chi connectivity index (χ1n) is 3.88. The van der Waals surface area contributed by atoms with Gasteiger partial charge in [-0.05, 0) is 6.42 Å². The summed E-state index contributed by atoms with van der Waals surface area (Å²) < 4.78 is 20.1. The van der Waals surface area contributed by atoms with Crippen LogP contribution in [0.1, 0.15) is 19.8 Å². The van der Waals surface area contributed by atoms with Crippen molar-refractivity contribution in [2.75, 3.05) is 13.2 Å². The third kappa shape index (κ3) is 9.01. The zero-order valence-corrected chi connectivity index (χ0v) is 9.69. The summed E-state index contributed by atoms with van der Waals surface area (Å²) in [5.41, 5.74) is 0. The molecule has 0 aliphatic carbocycles. The maximum Gasteiger partial charge on any atom is 0.472 e. The molecule has 13 heavy (non-hydrogen) atoms. The van der Waals surface area contributed by atoms with Crippen LogP contribution >= 0.6 is 31.0 Å². The van der Waals surface area contributed by atoms with Gasteiger partial charge in [0.25, 0.3) is 0 Å². The standard InChI is InChI=1S/C6H13Cl2O4P/c1-2-4-11-13(9,10)12-5-3-6(7)8/h6H,2-5H2,1H3,(H,9,10). The Morgan fingerprint density at radius 2 is 1.92 bits per heavy atom. The Bertz CT molecular complexity index is 176. The van der Waals surface area contributed by atoms with Crippen molar-refractivity contribution in [2.24, 2.45) is 0 Å². The zero-order chi connectivity index (χ0) is 10.3. The molecule has 0 amide bonds. The largest absolute Gasteiger partial charge is 0.472 e. The smallest absolute Gasteiger partial charge is 0.302 e. The van der Waals surface area contributed by atoms with E-state index in [1.54, 1.807) is 0 Å². The minimum absolute atomic E-state index is 0.00909. The van der Waals surface area contributed by atoms with Crippen molar-refractivity contribution in [3.63, 3.8) is 0 Å². The van der Waals surface area contributed by atoms with Gasteiger partial charge in [0.2, 0.25) is 0 Å². The Kier molecular flexibility index (Phi) is 7.42. The molecule has 0 rings (SSSR count). The van der Waals surface area contributed by atoms with Gasteiger partial charge >= 0.3 is 7.82 Å². The Morgan fingerprint density at radius 1 is 1.38 bits per heavy atom. The molecule has 0 aliphatic heterocycles. The number of phosphoric acid groups is 1. The summed E-state index contributed by atoms with van der Waals surface area (Å²) in [5, 5.41) is 0. The fourth-order valence-corrected chi connectivity index (χ4v) is 1.50. The van der Waals surface area contributed by atoms with E-state index in [1.165, 1.54) is 0 Å². The molecule has 7 heteroatoms. The van der Waals surface area contributed by atoms with E-state index < -0.39 is 12.7 Å². The van der Waals surface area contributed by atoms with E-state index in [9.17, 15) is 4.57 Å². The average molecular weight is 251 g/mol. The van der Waals surface area contributed by atoms with E-state index in [-0.39, 0.29) is 13.2 Å². The lowest BCUT2D eigenvalue weighted by molar-refractivity contribution is 0.149. The molecule has 0 aromatic rings. The van der Waals surface area contributed by atoms with Gasteiger partial charge in [-0.25, -0.2) is 4.57 Å². The van der Waals surface area contributed by atoms with Crippen LogP contribution in [-0.4, -0.2) is 22.9 Å². The minimum atomic E-state index is -3.88. The average Bonchev–Trinajstić information content (AvgIpc) is 2.00. The zero-order valence-electron chi connectivity index (χ0n) is 7.28. The molecule has 0 bridgehead atoms. The molecule has 0 aliphatic rings. The van der Waals surface area contributed by atoms with Gasteiger partial charge in [-0.3, -0.25) is 9.05 Å². The van der Waals surface area contributed by atoms with E-state index in [4.69, 9.17) is 28.1 Å². The van der Waals surface area contributed by atoms with Crippen LogP contribution < -0.4 is 0 Å². The Labute approximate surface area is 87.7 Å². The predicted octanol–water partition coefficient (Wildman–Crippen LogP) is 2.72. The van der Waals surface area contributed by atoms with Crippen LogP contribution in [-0.2, 0) is 13.6 Å². The summed E-state index contributed by atoms with van der Waals surface area (Å²) in [4.78, 5) is 8.39. The number of alkyl halides is 2. The lowest BCUT2D eigenvalue weighted by atomic mass is 10.5. The number of rotatable bonds is 7. The maximum atomic E-state index is 11.0. The van der Waals surface area contributed by atoms with E-state index >= 15 is 0 Å². The summed E-state index contributed by atoms with van der Waals surface area (Å²) in [6.07, 6.45) is 0.949. The molecule has 0 aromatic heterocycles. The number of hydrogen-bond donors (Lipinski definition) is 1. The Morgan fingerprint density at radius 3 is 2.38 bits per heavy atom. The van der Waals surface area contributed by atoms with Crippen molar-refractivity contribution in [3.8, 4) is 0 Å². The molecule has 0 spiro atoms. The highest BCUT2D eigenvalue weighted by Gasteiger charge is 2.20. The molecule has 1 N–H and O–H groups in total. The predicted molar refractivity (Wildman–Crippen MR) is 52.1 cm³/mol. The van der Waals surface area contributed by atoms with Crippen LogP contribution in [0.2, 0.25) is 0 Å². The molecule has 0 fully saturated rings. The van der Waals surface area contributed by atoms with Crippen molar-refractivity contribution in [3.05, 3.63) is 0 Å². The van der Waals surface area contributed by atoms with Gasteiger partial charge in [0, 0.05) is 6.42 Å². The van der Waals surface area contributed by atoms with Crippen molar-refractivity contribution >= 4 is 31.0 Å². The van der Waals surface area contributed by atoms with Gasteiger partial charge in [-0.2, -0.15) is 0 Å². The fourth-order valence-electron chi connectivity index (χ4n) is 0.501. The highest BCUT2D eigenvalue weighted by atomic mass is 35.5. The lowest BCUT2D eigenvalue weighted by Gasteiger charge is -2.11.